The first-order chi connectivity index (χ1) is 9.74. The Balaban J connectivity index is 1.97. The zero-order valence-electron chi connectivity index (χ0n) is 11.3. The van der Waals surface area contributed by atoms with Crippen molar-refractivity contribution in [2.45, 2.75) is 22.9 Å². The van der Waals surface area contributed by atoms with Crippen molar-refractivity contribution in [1.82, 2.24) is 4.98 Å². The molecule has 0 aliphatic carbocycles. The summed E-state index contributed by atoms with van der Waals surface area (Å²) in [6.07, 6.45) is 1.81. The lowest BCUT2D eigenvalue weighted by atomic mass is 10.1. The fourth-order valence-electron chi connectivity index (χ4n) is 2.18. The molecule has 0 fully saturated rings. The van der Waals surface area contributed by atoms with E-state index in [-0.39, 0.29) is 6.04 Å². The summed E-state index contributed by atoms with van der Waals surface area (Å²) >= 11 is 1.67. The highest BCUT2D eigenvalue weighted by Gasteiger charge is 2.09. The topological polar surface area (TPSA) is 38.9 Å². The van der Waals surface area contributed by atoms with Crippen molar-refractivity contribution in [3.05, 3.63) is 66.4 Å². The van der Waals surface area contributed by atoms with Crippen molar-refractivity contribution in [1.29, 1.82) is 0 Å². The minimum atomic E-state index is -0.00773. The number of hydrogen-bond donors (Lipinski definition) is 1. The van der Waals surface area contributed by atoms with Gasteiger partial charge in [-0.25, -0.2) is 4.98 Å². The standard InChI is InChI=1S/C17H16N2S/c1-12(18)16-7-4-10-19-17(16)20-15-9-8-13-5-2-3-6-14(13)11-15/h2-12H,18H2,1H3/t12-/m1/s1. The molecule has 0 unspecified atom stereocenters. The van der Waals surface area contributed by atoms with E-state index < -0.39 is 0 Å². The third-order valence-electron chi connectivity index (χ3n) is 3.23. The van der Waals surface area contributed by atoms with E-state index in [2.05, 4.69) is 47.4 Å². The van der Waals surface area contributed by atoms with Gasteiger partial charge in [-0.1, -0.05) is 48.2 Å². The van der Waals surface area contributed by atoms with Crippen LogP contribution in [-0.2, 0) is 0 Å². The van der Waals surface area contributed by atoms with Crippen LogP contribution in [0.3, 0.4) is 0 Å². The van der Waals surface area contributed by atoms with Crippen LogP contribution in [0.2, 0.25) is 0 Å². The largest absolute Gasteiger partial charge is 0.324 e. The van der Waals surface area contributed by atoms with E-state index in [9.17, 15) is 0 Å². The molecule has 0 amide bonds. The Bertz CT molecular complexity index is 738. The molecule has 100 valence electrons. The average molecular weight is 280 g/mol. The molecule has 1 atom stereocenters. The van der Waals surface area contributed by atoms with Crippen LogP contribution in [0.5, 0.6) is 0 Å². The van der Waals surface area contributed by atoms with Gasteiger partial charge in [-0.05, 0) is 35.9 Å². The first kappa shape index (κ1) is 13.2. The van der Waals surface area contributed by atoms with E-state index in [1.54, 1.807) is 11.8 Å². The smallest absolute Gasteiger partial charge is 0.105 e. The monoisotopic (exact) mass is 280 g/mol. The molecule has 0 radical (unpaired) electrons. The van der Waals surface area contributed by atoms with E-state index in [0.29, 0.717) is 0 Å². The summed E-state index contributed by atoms with van der Waals surface area (Å²) in [5, 5.41) is 3.49. The lowest BCUT2D eigenvalue weighted by Crippen LogP contribution is -2.07. The molecule has 2 N–H and O–H groups in total. The molecule has 0 spiro atoms. The lowest BCUT2D eigenvalue weighted by Gasteiger charge is -2.11. The van der Waals surface area contributed by atoms with Crippen LogP contribution in [-0.4, -0.2) is 4.98 Å². The molecule has 3 rings (SSSR count). The molecule has 1 aromatic heterocycles. The number of rotatable bonds is 3. The highest BCUT2D eigenvalue weighted by Crippen LogP contribution is 2.32. The van der Waals surface area contributed by atoms with Gasteiger partial charge in [0.1, 0.15) is 5.03 Å². The fraction of sp³-hybridized carbons (Fsp3) is 0.118. The Morgan fingerprint density at radius 3 is 2.60 bits per heavy atom. The maximum Gasteiger partial charge on any atom is 0.105 e. The third-order valence-corrected chi connectivity index (χ3v) is 4.25. The number of nitrogens with zero attached hydrogens (tertiary/aromatic N) is 1. The van der Waals surface area contributed by atoms with E-state index >= 15 is 0 Å². The second-order valence-corrected chi connectivity index (χ2v) is 5.86. The molecule has 2 nitrogen and oxygen atoms in total. The molecule has 20 heavy (non-hydrogen) atoms. The van der Waals surface area contributed by atoms with Crippen LogP contribution < -0.4 is 5.73 Å². The maximum atomic E-state index is 6.01. The first-order valence-electron chi connectivity index (χ1n) is 6.61. The molecule has 3 aromatic rings. The average Bonchev–Trinajstić information content (AvgIpc) is 2.47. The van der Waals surface area contributed by atoms with Crippen molar-refractivity contribution in [3.63, 3.8) is 0 Å². The number of fused-ring (bicyclic) bond motifs is 1. The maximum absolute atomic E-state index is 6.01. The van der Waals surface area contributed by atoms with Gasteiger partial charge in [0, 0.05) is 22.7 Å². The minimum absolute atomic E-state index is 0.00773. The highest BCUT2D eigenvalue weighted by atomic mass is 32.2. The number of aromatic nitrogens is 1. The van der Waals surface area contributed by atoms with E-state index in [4.69, 9.17) is 5.73 Å². The quantitative estimate of drug-likeness (QED) is 0.772. The summed E-state index contributed by atoms with van der Waals surface area (Å²) in [6, 6.07) is 18.8. The number of benzene rings is 2. The van der Waals surface area contributed by atoms with Gasteiger partial charge in [0.25, 0.3) is 0 Å². The molecular formula is C17H16N2S. The third kappa shape index (κ3) is 2.69. The number of pyridine rings is 1. The van der Waals surface area contributed by atoms with Crippen LogP contribution in [0.25, 0.3) is 10.8 Å². The van der Waals surface area contributed by atoms with Crippen molar-refractivity contribution >= 4 is 22.5 Å². The van der Waals surface area contributed by atoms with Crippen molar-refractivity contribution in [2.24, 2.45) is 5.73 Å². The SMILES string of the molecule is C[C@@H](N)c1cccnc1Sc1ccc2ccccc2c1. The summed E-state index contributed by atoms with van der Waals surface area (Å²) in [5.41, 5.74) is 7.09. The Kier molecular flexibility index (Phi) is 3.72. The van der Waals surface area contributed by atoms with Gasteiger partial charge < -0.3 is 5.73 Å². The Morgan fingerprint density at radius 1 is 1.00 bits per heavy atom. The van der Waals surface area contributed by atoms with Crippen molar-refractivity contribution in [3.8, 4) is 0 Å². The Morgan fingerprint density at radius 2 is 1.80 bits per heavy atom. The molecule has 0 bridgehead atoms. The van der Waals surface area contributed by atoms with Gasteiger partial charge in [0.2, 0.25) is 0 Å². The lowest BCUT2D eigenvalue weighted by molar-refractivity contribution is 0.779. The molecular weight excluding hydrogens is 264 g/mol. The Labute approximate surface area is 123 Å². The highest BCUT2D eigenvalue weighted by molar-refractivity contribution is 7.99. The molecule has 0 saturated heterocycles. The van der Waals surface area contributed by atoms with Crippen LogP contribution in [0.4, 0.5) is 0 Å². The zero-order chi connectivity index (χ0) is 13.9. The molecule has 2 aromatic carbocycles. The van der Waals surface area contributed by atoms with Crippen molar-refractivity contribution in [2.75, 3.05) is 0 Å². The van der Waals surface area contributed by atoms with E-state index in [1.165, 1.54) is 15.7 Å². The summed E-state index contributed by atoms with van der Waals surface area (Å²) in [4.78, 5) is 5.64. The number of nitrogens with two attached hydrogens (primary N) is 1. The van der Waals surface area contributed by atoms with Crippen LogP contribution in [0, 0.1) is 0 Å². The van der Waals surface area contributed by atoms with Gasteiger partial charge in [0.15, 0.2) is 0 Å². The van der Waals surface area contributed by atoms with Crippen LogP contribution in [0.15, 0.2) is 70.7 Å². The summed E-state index contributed by atoms with van der Waals surface area (Å²) in [6.45, 7) is 1.99. The van der Waals surface area contributed by atoms with Gasteiger partial charge >= 0.3 is 0 Å². The summed E-state index contributed by atoms with van der Waals surface area (Å²) in [5.74, 6) is 0. The molecule has 0 aliphatic heterocycles. The van der Waals surface area contributed by atoms with Crippen LogP contribution in [0.1, 0.15) is 18.5 Å². The fourth-order valence-corrected chi connectivity index (χ4v) is 3.21. The Hall–Kier alpha value is -1.84. The summed E-state index contributed by atoms with van der Waals surface area (Å²) in [7, 11) is 0. The molecule has 3 heteroatoms. The molecule has 0 saturated carbocycles. The normalized spacial score (nSPS) is 12.5. The van der Waals surface area contributed by atoms with Gasteiger partial charge in [-0.15, -0.1) is 0 Å². The van der Waals surface area contributed by atoms with E-state index in [1.807, 2.05) is 25.3 Å². The minimum Gasteiger partial charge on any atom is -0.324 e. The molecule has 0 aliphatic rings. The van der Waals surface area contributed by atoms with Gasteiger partial charge in [-0.3, -0.25) is 0 Å². The van der Waals surface area contributed by atoms with E-state index in [0.717, 1.165) is 10.6 Å². The zero-order valence-corrected chi connectivity index (χ0v) is 12.1. The van der Waals surface area contributed by atoms with Gasteiger partial charge in [0.05, 0.1) is 0 Å². The van der Waals surface area contributed by atoms with Crippen molar-refractivity contribution < 1.29 is 0 Å². The van der Waals surface area contributed by atoms with Crippen LogP contribution >= 0.6 is 11.8 Å². The summed E-state index contributed by atoms with van der Waals surface area (Å²) < 4.78 is 0. The predicted octanol–water partition coefficient (Wildman–Crippen LogP) is 4.41. The first-order valence-corrected chi connectivity index (χ1v) is 7.43. The predicted molar refractivity (Wildman–Crippen MR) is 84.9 cm³/mol. The van der Waals surface area contributed by atoms with Gasteiger partial charge in [-0.2, -0.15) is 0 Å². The molecule has 1 heterocycles. The number of hydrogen-bond acceptors (Lipinski definition) is 3. The second-order valence-electron chi connectivity index (χ2n) is 4.80. The second kappa shape index (κ2) is 5.65.